The lowest BCUT2D eigenvalue weighted by molar-refractivity contribution is -0.138. The Morgan fingerprint density at radius 3 is 2.74 bits per heavy atom. The fourth-order valence-corrected chi connectivity index (χ4v) is 4.56. The molecule has 2 rings (SSSR count). The smallest absolute Gasteiger partial charge is 0.266 e. The Morgan fingerprint density at radius 1 is 1.43 bits per heavy atom. The Hall–Kier alpha value is -1.45. The quantitative estimate of drug-likeness (QED) is 0.843. The van der Waals surface area contributed by atoms with Crippen LogP contribution in [0, 0.1) is 0 Å². The predicted molar refractivity (Wildman–Crippen MR) is 87.7 cm³/mol. The van der Waals surface area contributed by atoms with Crippen molar-refractivity contribution in [1.82, 2.24) is 9.80 Å². The molecule has 1 aliphatic heterocycles. The van der Waals surface area contributed by atoms with E-state index < -0.39 is 22.0 Å². The summed E-state index contributed by atoms with van der Waals surface area (Å²) >= 11 is 1.03. The van der Waals surface area contributed by atoms with Crippen molar-refractivity contribution in [3.8, 4) is 0 Å². The highest BCUT2D eigenvalue weighted by molar-refractivity contribution is 7.89. The first kappa shape index (κ1) is 17.9. The van der Waals surface area contributed by atoms with E-state index in [4.69, 9.17) is 5.14 Å². The van der Waals surface area contributed by atoms with E-state index in [2.05, 4.69) is 0 Å². The summed E-state index contributed by atoms with van der Waals surface area (Å²) < 4.78 is 23.2. The van der Waals surface area contributed by atoms with Crippen molar-refractivity contribution in [3.63, 3.8) is 0 Å². The number of amides is 2. The van der Waals surface area contributed by atoms with E-state index in [0.29, 0.717) is 19.5 Å². The lowest BCUT2D eigenvalue weighted by Gasteiger charge is -2.39. The van der Waals surface area contributed by atoms with Crippen LogP contribution in [0.1, 0.15) is 35.9 Å². The lowest BCUT2D eigenvalue weighted by atomic mass is 10.0. The topological polar surface area (TPSA) is 101 Å². The molecular formula is C14H21N3O4S2. The van der Waals surface area contributed by atoms with Gasteiger partial charge in [-0.25, -0.2) is 13.6 Å². The molecule has 23 heavy (non-hydrogen) atoms. The number of carbonyl (C=O) groups excluding carboxylic acids is 2. The molecule has 1 unspecified atom stereocenters. The van der Waals surface area contributed by atoms with Gasteiger partial charge in [0.2, 0.25) is 15.9 Å². The fourth-order valence-electron chi connectivity index (χ4n) is 2.64. The van der Waals surface area contributed by atoms with Gasteiger partial charge in [-0.2, -0.15) is 0 Å². The van der Waals surface area contributed by atoms with E-state index in [0.717, 1.165) is 24.2 Å². The van der Waals surface area contributed by atoms with Crippen LogP contribution in [0.5, 0.6) is 0 Å². The highest BCUT2D eigenvalue weighted by atomic mass is 32.2. The van der Waals surface area contributed by atoms with Gasteiger partial charge in [-0.15, -0.1) is 11.3 Å². The van der Waals surface area contributed by atoms with Crippen LogP contribution in [0.25, 0.3) is 0 Å². The van der Waals surface area contributed by atoms with Gasteiger partial charge in [0.05, 0.1) is 0 Å². The monoisotopic (exact) mass is 359 g/mol. The summed E-state index contributed by atoms with van der Waals surface area (Å²) in [6.45, 7) is 2.84. The van der Waals surface area contributed by atoms with Crippen LogP contribution in [0.3, 0.4) is 0 Å². The Kier molecular flexibility index (Phi) is 5.43. The van der Waals surface area contributed by atoms with E-state index in [-0.39, 0.29) is 15.7 Å². The van der Waals surface area contributed by atoms with Gasteiger partial charge >= 0.3 is 0 Å². The van der Waals surface area contributed by atoms with Crippen LogP contribution in [0.15, 0.2) is 16.3 Å². The number of likely N-dealkylation sites (N-methyl/N-ethyl adjacent to an activating group) is 1. The number of piperazine rings is 1. The number of hydrogen-bond acceptors (Lipinski definition) is 5. The first-order chi connectivity index (χ1) is 10.8. The number of primary sulfonamides is 1. The minimum atomic E-state index is -3.96. The summed E-state index contributed by atoms with van der Waals surface area (Å²) in [5.41, 5.74) is 0. The van der Waals surface area contributed by atoms with Crippen LogP contribution < -0.4 is 5.14 Å². The lowest BCUT2D eigenvalue weighted by Crippen LogP contribution is -2.57. The van der Waals surface area contributed by atoms with Crippen molar-refractivity contribution in [2.75, 3.05) is 20.1 Å². The van der Waals surface area contributed by atoms with Gasteiger partial charge in [-0.05, 0) is 17.9 Å². The highest BCUT2D eigenvalue weighted by Gasteiger charge is 2.37. The maximum absolute atomic E-state index is 12.8. The Bertz CT molecular complexity index is 699. The molecular weight excluding hydrogens is 338 g/mol. The maximum atomic E-state index is 12.8. The maximum Gasteiger partial charge on any atom is 0.266 e. The number of nitrogens with zero attached hydrogens (tertiary/aromatic N) is 2. The van der Waals surface area contributed by atoms with Crippen molar-refractivity contribution in [1.29, 1.82) is 0 Å². The molecule has 0 aromatic carbocycles. The van der Waals surface area contributed by atoms with Gasteiger partial charge in [0.1, 0.15) is 15.8 Å². The minimum absolute atomic E-state index is 0.0753. The van der Waals surface area contributed by atoms with Gasteiger partial charge in [0, 0.05) is 20.1 Å². The molecule has 1 aromatic heterocycles. The molecule has 0 spiro atoms. The molecule has 1 aromatic rings. The van der Waals surface area contributed by atoms with E-state index in [1.54, 1.807) is 11.9 Å². The molecule has 0 saturated carbocycles. The van der Waals surface area contributed by atoms with E-state index in [9.17, 15) is 18.0 Å². The average Bonchev–Trinajstić information content (AvgIpc) is 2.97. The van der Waals surface area contributed by atoms with Crippen molar-refractivity contribution >= 4 is 33.2 Å². The number of sulfonamides is 1. The first-order valence-electron chi connectivity index (χ1n) is 7.43. The van der Waals surface area contributed by atoms with Crippen molar-refractivity contribution in [3.05, 3.63) is 16.3 Å². The molecule has 0 bridgehead atoms. The van der Waals surface area contributed by atoms with Crippen LogP contribution >= 0.6 is 11.3 Å². The molecule has 1 saturated heterocycles. The van der Waals surface area contributed by atoms with Crippen molar-refractivity contribution < 1.29 is 18.0 Å². The molecule has 9 heteroatoms. The third-order valence-corrected chi connectivity index (χ3v) is 5.92. The number of carbonyl (C=O) groups is 2. The molecule has 1 aliphatic rings. The van der Waals surface area contributed by atoms with E-state index in [1.165, 1.54) is 16.3 Å². The van der Waals surface area contributed by atoms with Crippen LogP contribution in [-0.4, -0.2) is 56.2 Å². The summed E-state index contributed by atoms with van der Waals surface area (Å²) in [6, 6.07) is 0.781. The molecule has 7 nitrogen and oxygen atoms in total. The van der Waals surface area contributed by atoms with Crippen LogP contribution in [0.4, 0.5) is 0 Å². The SMILES string of the molecule is CCCCC1C(=O)N(C)CCN1C(=O)c1sccc1S(N)(=O)=O. The summed E-state index contributed by atoms with van der Waals surface area (Å²) in [4.78, 5) is 28.2. The first-order valence-corrected chi connectivity index (χ1v) is 9.86. The van der Waals surface area contributed by atoms with Gasteiger partial charge in [-0.1, -0.05) is 19.8 Å². The second kappa shape index (κ2) is 6.98. The number of nitrogens with two attached hydrogens (primary N) is 1. The zero-order valence-corrected chi connectivity index (χ0v) is 14.8. The average molecular weight is 359 g/mol. The second-order valence-electron chi connectivity index (χ2n) is 5.58. The Balaban J connectivity index is 2.33. The van der Waals surface area contributed by atoms with Gasteiger partial charge < -0.3 is 9.80 Å². The number of thiophene rings is 1. The van der Waals surface area contributed by atoms with Crippen molar-refractivity contribution in [2.45, 2.75) is 37.1 Å². The fraction of sp³-hybridized carbons (Fsp3) is 0.571. The molecule has 128 valence electrons. The van der Waals surface area contributed by atoms with Crippen LogP contribution in [-0.2, 0) is 14.8 Å². The Morgan fingerprint density at radius 2 is 2.13 bits per heavy atom. The standard InChI is InChI=1S/C14H21N3O4S2/c1-3-4-5-10-13(18)16(2)7-8-17(10)14(19)12-11(6-9-22-12)23(15,20)21/h6,9-10H,3-5,7-8H2,1-2H3,(H2,15,20,21). The summed E-state index contributed by atoms with van der Waals surface area (Å²) in [6.07, 6.45) is 2.30. The van der Waals surface area contributed by atoms with Gasteiger partial charge in [-0.3, -0.25) is 9.59 Å². The second-order valence-corrected chi connectivity index (χ2v) is 8.02. The number of rotatable bonds is 5. The molecule has 2 N–H and O–H groups in total. The largest absolute Gasteiger partial charge is 0.342 e. The molecule has 2 heterocycles. The summed E-state index contributed by atoms with van der Waals surface area (Å²) in [5.74, 6) is -0.543. The van der Waals surface area contributed by atoms with Gasteiger partial charge in [0.25, 0.3) is 5.91 Å². The summed E-state index contributed by atoms with van der Waals surface area (Å²) in [5, 5.41) is 6.69. The van der Waals surface area contributed by atoms with E-state index >= 15 is 0 Å². The van der Waals surface area contributed by atoms with E-state index in [1.807, 2.05) is 6.92 Å². The van der Waals surface area contributed by atoms with Crippen molar-refractivity contribution in [2.24, 2.45) is 5.14 Å². The number of hydrogen-bond donors (Lipinski definition) is 1. The highest BCUT2D eigenvalue weighted by Crippen LogP contribution is 2.26. The minimum Gasteiger partial charge on any atom is -0.342 e. The normalized spacial score (nSPS) is 19.3. The number of unbranched alkanes of at least 4 members (excludes halogenated alkanes) is 1. The third-order valence-electron chi connectivity index (χ3n) is 3.94. The van der Waals surface area contributed by atoms with Gasteiger partial charge in [0.15, 0.2) is 0 Å². The molecule has 1 atom stereocenters. The predicted octanol–water partition coefficient (Wildman–Crippen LogP) is 0.869. The third kappa shape index (κ3) is 3.73. The molecule has 0 aliphatic carbocycles. The molecule has 1 fully saturated rings. The zero-order chi connectivity index (χ0) is 17.2. The summed E-state index contributed by atoms with van der Waals surface area (Å²) in [7, 11) is -2.25. The molecule has 0 radical (unpaired) electrons. The Labute approximate surface area is 140 Å². The zero-order valence-electron chi connectivity index (χ0n) is 13.2. The molecule has 2 amide bonds. The van der Waals surface area contributed by atoms with Crippen LogP contribution in [0.2, 0.25) is 0 Å².